The molecule has 0 saturated carbocycles. The van der Waals surface area contributed by atoms with E-state index < -0.39 is 0 Å². The number of nitrogens with two attached hydrogens (primary N) is 1. The molecule has 0 fully saturated rings. The molecule has 1 aromatic rings. The minimum absolute atomic E-state index is 0.301. The molecule has 7 heteroatoms. The van der Waals surface area contributed by atoms with E-state index in [4.69, 9.17) is 5.73 Å². The SMILES string of the molecule is CC(C)Cn1nnnc1SCCC(N)=O. The quantitative estimate of drug-likeness (QED) is 0.709. The second-order valence-corrected chi connectivity index (χ2v) is 4.66. The Hall–Kier alpha value is -1.11. The molecule has 0 aliphatic rings. The summed E-state index contributed by atoms with van der Waals surface area (Å²) in [6.45, 7) is 4.98. The standard InChI is InChI=1S/C8H15N5OS/c1-6(2)5-13-8(10-11-12-13)15-4-3-7(9)14/h6H,3-5H2,1-2H3,(H2,9,14). The lowest BCUT2D eigenvalue weighted by Gasteiger charge is -2.05. The van der Waals surface area contributed by atoms with Crippen LogP contribution in [-0.4, -0.2) is 31.9 Å². The molecule has 0 bridgehead atoms. The van der Waals surface area contributed by atoms with E-state index in [1.807, 2.05) is 0 Å². The van der Waals surface area contributed by atoms with Crippen molar-refractivity contribution in [3.8, 4) is 0 Å². The Morgan fingerprint density at radius 2 is 2.33 bits per heavy atom. The van der Waals surface area contributed by atoms with Crippen LogP contribution in [0.2, 0.25) is 0 Å². The summed E-state index contributed by atoms with van der Waals surface area (Å²) in [7, 11) is 0. The van der Waals surface area contributed by atoms with Gasteiger partial charge in [-0.2, -0.15) is 0 Å². The lowest BCUT2D eigenvalue weighted by atomic mass is 10.2. The highest BCUT2D eigenvalue weighted by Gasteiger charge is 2.08. The zero-order chi connectivity index (χ0) is 11.3. The molecule has 15 heavy (non-hydrogen) atoms. The van der Waals surface area contributed by atoms with Gasteiger partial charge in [-0.3, -0.25) is 4.79 Å². The fraction of sp³-hybridized carbons (Fsp3) is 0.750. The third kappa shape index (κ3) is 4.28. The summed E-state index contributed by atoms with van der Waals surface area (Å²) in [4.78, 5) is 10.5. The van der Waals surface area contributed by atoms with E-state index in [1.165, 1.54) is 11.8 Å². The van der Waals surface area contributed by atoms with Gasteiger partial charge in [-0.05, 0) is 16.3 Å². The van der Waals surface area contributed by atoms with Crippen LogP contribution in [0, 0.1) is 5.92 Å². The van der Waals surface area contributed by atoms with Crippen LogP contribution in [0.25, 0.3) is 0 Å². The van der Waals surface area contributed by atoms with Gasteiger partial charge in [0.05, 0.1) is 0 Å². The molecule has 1 heterocycles. The van der Waals surface area contributed by atoms with Crippen LogP contribution in [-0.2, 0) is 11.3 Å². The lowest BCUT2D eigenvalue weighted by molar-refractivity contribution is -0.117. The molecule has 0 aliphatic heterocycles. The van der Waals surface area contributed by atoms with E-state index in [9.17, 15) is 4.79 Å². The Balaban J connectivity index is 2.46. The molecule has 1 rings (SSSR count). The molecule has 0 unspecified atom stereocenters. The van der Waals surface area contributed by atoms with Gasteiger partial charge in [0.25, 0.3) is 0 Å². The Bertz CT molecular complexity index is 325. The Morgan fingerprint density at radius 1 is 1.60 bits per heavy atom. The number of aromatic nitrogens is 4. The normalized spacial score (nSPS) is 10.9. The topological polar surface area (TPSA) is 86.7 Å². The van der Waals surface area contributed by atoms with Crippen LogP contribution in [0.1, 0.15) is 20.3 Å². The molecule has 6 nitrogen and oxygen atoms in total. The van der Waals surface area contributed by atoms with Gasteiger partial charge in [0.15, 0.2) is 0 Å². The highest BCUT2D eigenvalue weighted by atomic mass is 32.2. The zero-order valence-electron chi connectivity index (χ0n) is 8.88. The molecule has 1 amide bonds. The van der Waals surface area contributed by atoms with Crippen LogP contribution >= 0.6 is 11.8 Å². The lowest BCUT2D eigenvalue weighted by Crippen LogP contribution is -2.12. The molecule has 2 N–H and O–H groups in total. The van der Waals surface area contributed by atoms with Crippen molar-refractivity contribution in [1.82, 2.24) is 20.2 Å². The maximum Gasteiger partial charge on any atom is 0.218 e. The minimum Gasteiger partial charge on any atom is -0.370 e. The second-order valence-electron chi connectivity index (χ2n) is 3.60. The first-order valence-electron chi connectivity index (χ1n) is 4.77. The Labute approximate surface area is 92.6 Å². The van der Waals surface area contributed by atoms with Crippen LogP contribution in [0.4, 0.5) is 0 Å². The van der Waals surface area contributed by atoms with E-state index >= 15 is 0 Å². The molecule has 84 valence electrons. The summed E-state index contributed by atoms with van der Waals surface area (Å²) in [5.74, 6) is 0.808. The van der Waals surface area contributed by atoms with E-state index in [1.54, 1.807) is 4.68 Å². The highest BCUT2D eigenvalue weighted by molar-refractivity contribution is 7.99. The van der Waals surface area contributed by atoms with E-state index in [2.05, 4.69) is 29.4 Å². The van der Waals surface area contributed by atoms with Gasteiger partial charge in [0.2, 0.25) is 11.1 Å². The average Bonchev–Trinajstić information content (AvgIpc) is 2.51. The summed E-state index contributed by atoms with van der Waals surface area (Å²) in [6.07, 6.45) is 0.346. The average molecular weight is 229 g/mol. The molecular weight excluding hydrogens is 214 g/mol. The maximum absolute atomic E-state index is 10.5. The van der Waals surface area contributed by atoms with Crippen molar-refractivity contribution in [1.29, 1.82) is 0 Å². The number of carbonyl (C=O) groups is 1. The first-order chi connectivity index (χ1) is 7.09. The number of tetrazole rings is 1. The largest absolute Gasteiger partial charge is 0.370 e. The predicted octanol–water partition coefficient (Wildman–Crippen LogP) is 0.297. The van der Waals surface area contributed by atoms with E-state index in [-0.39, 0.29) is 5.91 Å². The number of primary amides is 1. The summed E-state index contributed by atoms with van der Waals surface area (Å²) in [5, 5.41) is 12.1. The first kappa shape index (κ1) is 12.0. The number of carbonyl (C=O) groups excluding carboxylic acids is 1. The monoisotopic (exact) mass is 229 g/mol. The van der Waals surface area contributed by atoms with Crippen LogP contribution in [0.5, 0.6) is 0 Å². The van der Waals surface area contributed by atoms with Crippen molar-refractivity contribution in [2.45, 2.75) is 32.0 Å². The summed E-state index contributed by atoms with van der Waals surface area (Å²) in [5.41, 5.74) is 5.04. The number of hydrogen-bond acceptors (Lipinski definition) is 5. The van der Waals surface area contributed by atoms with Gasteiger partial charge < -0.3 is 5.73 Å². The third-order valence-electron chi connectivity index (χ3n) is 1.62. The van der Waals surface area contributed by atoms with Crippen LogP contribution < -0.4 is 5.73 Å². The number of hydrogen-bond donors (Lipinski definition) is 1. The number of rotatable bonds is 6. The van der Waals surface area contributed by atoms with Crippen LogP contribution in [0.15, 0.2) is 5.16 Å². The Morgan fingerprint density at radius 3 is 2.93 bits per heavy atom. The van der Waals surface area contributed by atoms with Crippen molar-refractivity contribution in [3.05, 3.63) is 0 Å². The molecule has 0 atom stereocenters. The third-order valence-corrected chi connectivity index (χ3v) is 2.58. The molecule has 0 saturated heterocycles. The molecule has 0 spiro atoms. The van der Waals surface area contributed by atoms with Crippen molar-refractivity contribution in [2.75, 3.05) is 5.75 Å². The fourth-order valence-corrected chi connectivity index (χ4v) is 1.84. The fourth-order valence-electron chi connectivity index (χ4n) is 1.00. The highest BCUT2D eigenvalue weighted by Crippen LogP contribution is 2.15. The van der Waals surface area contributed by atoms with Crippen molar-refractivity contribution < 1.29 is 4.79 Å². The summed E-state index contributed by atoms with van der Waals surface area (Å²) >= 11 is 1.45. The van der Waals surface area contributed by atoms with Crippen molar-refractivity contribution in [3.63, 3.8) is 0 Å². The zero-order valence-corrected chi connectivity index (χ0v) is 9.70. The van der Waals surface area contributed by atoms with Gasteiger partial charge in [-0.25, -0.2) is 4.68 Å². The molecule has 0 aromatic carbocycles. The molecule has 0 aliphatic carbocycles. The predicted molar refractivity (Wildman–Crippen MR) is 57.2 cm³/mol. The van der Waals surface area contributed by atoms with E-state index in [0.29, 0.717) is 18.1 Å². The summed E-state index contributed by atoms with van der Waals surface area (Å²) < 4.78 is 1.75. The van der Waals surface area contributed by atoms with Crippen molar-refractivity contribution in [2.24, 2.45) is 11.7 Å². The van der Waals surface area contributed by atoms with Gasteiger partial charge in [0, 0.05) is 18.7 Å². The van der Waals surface area contributed by atoms with Gasteiger partial charge in [-0.15, -0.1) is 5.10 Å². The maximum atomic E-state index is 10.5. The van der Waals surface area contributed by atoms with Gasteiger partial charge in [0.1, 0.15) is 0 Å². The van der Waals surface area contributed by atoms with Gasteiger partial charge >= 0.3 is 0 Å². The summed E-state index contributed by atoms with van der Waals surface area (Å²) in [6, 6.07) is 0. The molecule has 0 radical (unpaired) electrons. The minimum atomic E-state index is -0.301. The van der Waals surface area contributed by atoms with E-state index in [0.717, 1.165) is 11.7 Å². The molecule has 1 aromatic heterocycles. The van der Waals surface area contributed by atoms with Crippen molar-refractivity contribution >= 4 is 17.7 Å². The van der Waals surface area contributed by atoms with Gasteiger partial charge in [-0.1, -0.05) is 25.6 Å². The second kappa shape index (κ2) is 5.69. The number of thioether (sulfide) groups is 1. The first-order valence-corrected chi connectivity index (χ1v) is 5.75. The Kier molecular flexibility index (Phi) is 4.54. The number of amides is 1. The number of nitrogens with zero attached hydrogens (tertiary/aromatic N) is 4. The smallest absolute Gasteiger partial charge is 0.218 e. The van der Waals surface area contributed by atoms with Crippen LogP contribution in [0.3, 0.4) is 0 Å². The molecular formula is C8H15N5OS.